The van der Waals surface area contributed by atoms with E-state index in [4.69, 9.17) is 9.26 Å². The van der Waals surface area contributed by atoms with Gasteiger partial charge in [0.2, 0.25) is 5.91 Å². The van der Waals surface area contributed by atoms with Gasteiger partial charge in [-0.15, -0.1) is 0 Å². The maximum absolute atomic E-state index is 12.4. The van der Waals surface area contributed by atoms with Crippen molar-refractivity contribution in [1.82, 2.24) is 15.1 Å². The van der Waals surface area contributed by atoms with E-state index >= 15 is 0 Å². The normalized spacial score (nSPS) is 17.1. The molecule has 0 aliphatic carbocycles. The molecular formula is C18H16N4O3. The van der Waals surface area contributed by atoms with E-state index in [1.807, 2.05) is 24.3 Å². The number of carbonyl (C=O) groups excluding carboxylic acids is 1. The molecule has 0 bridgehead atoms. The lowest BCUT2D eigenvalue weighted by atomic mass is 10.1. The predicted molar refractivity (Wildman–Crippen MR) is 90.2 cm³/mol. The average molecular weight is 336 g/mol. The molecule has 1 saturated heterocycles. The highest BCUT2D eigenvalue weighted by atomic mass is 16.5. The summed E-state index contributed by atoms with van der Waals surface area (Å²) in [5.41, 5.74) is 1.62. The molecule has 0 saturated carbocycles. The lowest BCUT2D eigenvalue weighted by Gasteiger charge is -2.16. The summed E-state index contributed by atoms with van der Waals surface area (Å²) in [5.74, 6) is 1.63. The van der Waals surface area contributed by atoms with Crippen LogP contribution in [0.1, 0.15) is 18.2 Å². The van der Waals surface area contributed by atoms with Crippen LogP contribution in [0.15, 0.2) is 53.3 Å². The number of anilines is 1. The monoisotopic (exact) mass is 336 g/mol. The fourth-order valence-corrected chi connectivity index (χ4v) is 2.92. The Morgan fingerprint density at radius 2 is 2.08 bits per heavy atom. The van der Waals surface area contributed by atoms with Crippen LogP contribution in [-0.2, 0) is 4.79 Å². The number of nitrogens with zero attached hydrogens (tertiary/aromatic N) is 4. The predicted octanol–water partition coefficient (Wildman–Crippen LogP) is 2.66. The summed E-state index contributed by atoms with van der Waals surface area (Å²) in [6.45, 7) is 0.515. The van der Waals surface area contributed by atoms with Gasteiger partial charge in [0.15, 0.2) is 5.82 Å². The van der Waals surface area contributed by atoms with Gasteiger partial charge in [-0.3, -0.25) is 9.78 Å². The molecule has 25 heavy (non-hydrogen) atoms. The van der Waals surface area contributed by atoms with Gasteiger partial charge in [0.1, 0.15) is 5.75 Å². The van der Waals surface area contributed by atoms with Gasteiger partial charge in [0.25, 0.3) is 5.89 Å². The lowest BCUT2D eigenvalue weighted by molar-refractivity contribution is -0.117. The second-order valence-corrected chi connectivity index (χ2v) is 5.80. The first-order chi connectivity index (χ1) is 12.2. The Labute approximate surface area is 144 Å². The minimum Gasteiger partial charge on any atom is -0.497 e. The van der Waals surface area contributed by atoms with Gasteiger partial charge in [-0.1, -0.05) is 11.2 Å². The molecule has 7 nitrogen and oxygen atoms in total. The molecule has 1 unspecified atom stereocenters. The Bertz CT molecular complexity index is 894. The zero-order chi connectivity index (χ0) is 17.2. The molecule has 126 valence electrons. The summed E-state index contributed by atoms with van der Waals surface area (Å²) in [4.78, 5) is 22.6. The van der Waals surface area contributed by atoms with Gasteiger partial charge in [0.05, 0.1) is 7.11 Å². The second kappa shape index (κ2) is 6.35. The molecular weight excluding hydrogens is 320 g/mol. The van der Waals surface area contributed by atoms with E-state index in [1.54, 1.807) is 36.5 Å². The minimum atomic E-state index is -0.0990. The van der Waals surface area contributed by atoms with Crippen molar-refractivity contribution in [2.75, 3.05) is 18.6 Å². The lowest BCUT2D eigenvalue weighted by Crippen LogP contribution is -2.24. The largest absolute Gasteiger partial charge is 0.497 e. The molecule has 7 heteroatoms. The number of rotatable bonds is 4. The quantitative estimate of drug-likeness (QED) is 0.728. The summed E-state index contributed by atoms with van der Waals surface area (Å²) in [5, 5.41) is 4.06. The van der Waals surface area contributed by atoms with Gasteiger partial charge in [0, 0.05) is 48.6 Å². The fraction of sp³-hybridized carbons (Fsp3) is 0.222. The molecule has 1 aliphatic rings. The van der Waals surface area contributed by atoms with Crippen LogP contribution in [0.5, 0.6) is 5.75 Å². The van der Waals surface area contributed by atoms with Crippen LogP contribution >= 0.6 is 0 Å². The Balaban J connectivity index is 1.55. The van der Waals surface area contributed by atoms with Crippen LogP contribution < -0.4 is 9.64 Å². The van der Waals surface area contributed by atoms with E-state index < -0.39 is 0 Å². The molecule has 0 spiro atoms. The third kappa shape index (κ3) is 2.96. The third-order valence-electron chi connectivity index (χ3n) is 4.22. The molecule has 1 amide bonds. The first-order valence-electron chi connectivity index (χ1n) is 7.93. The first-order valence-corrected chi connectivity index (χ1v) is 7.93. The van der Waals surface area contributed by atoms with E-state index in [1.165, 1.54) is 0 Å². The Hall–Kier alpha value is -3.22. The molecule has 1 atom stereocenters. The van der Waals surface area contributed by atoms with E-state index in [9.17, 15) is 4.79 Å². The number of carbonyl (C=O) groups is 1. The van der Waals surface area contributed by atoms with Crippen LogP contribution in [0.2, 0.25) is 0 Å². The topological polar surface area (TPSA) is 81.3 Å². The molecule has 1 fully saturated rings. The number of benzene rings is 1. The second-order valence-electron chi connectivity index (χ2n) is 5.80. The highest BCUT2D eigenvalue weighted by Crippen LogP contribution is 2.32. The van der Waals surface area contributed by atoms with Crippen molar-refractivity contribution in [2.45, 2.75) is 12.3 Å². The molecule has 0 N–H and O–H groups in total. The number of pyridine rings is 1. The van der Waals surface area contributed by atoms with Gasteiger partial charge >= 0.3 is 0 Å². The number of amides is 1. The highest BCUT2D eigenvalue weighted by Gasteiger charge is 2.34. The fourth-order valence-electron chi connectivity index (χ4n) is 2.92. The maximum atomic E-state index is 12.4. The molecule has 2 aromatic heterocycles. The van der Waals surface area contributed by atoms with E-state index in [0.29, 0.717) is 30.4 Å². The number of hydrogen-bond acceptors (Lipinski definition) is 6. The van der Waals surface area contributed by atoms with Gasteiger partial charge in [-0.2, -0.15) is 4.98 Å². The zero-order valence-corrected chi connectivity index (χ0v) is 13.6. The molecule has 1 aliphatic heterocycles. The van der Waals surface area contributed by atoms with E-state index in [0.717, 1.165) is 11.3 Å². The van der Waals surface area contributed by atoms with Crippen molar-refractivity contribution in [3.63, 3.8) is 0 Å². The summed E-state index contributed by atoms with van der Waals surface area (Å²) in [7, 11) is 1.60. The third-order valence-corrected chi connectivity index (χ3v) is 4.22. The number of methoxy groups -OCH3 is 1. The number of ether oxygens (including phenoxy) is 1. The first kappa shape index (κ1) is 15.3. The zero-order valence-electron chi connectivity index (χ0n) is 13.6. The van der Waals surface area contributed by atoms with Crippen molar-refractivity contribution < 1.29 is 14.1 Å². The van der Waals surface area contributed by atoms with Crippen molar-refractivity contribution in [3.8, 4) is 17.2 Å². The van der Waals surface area contributed by atoms with Crippen LogP contribution in [0.25, 0.3) is 11.5 Å². The molecule has 4 rings (SSSR count). The van der Waals surface area contributed by atoms with Crippen LogP contribution in [0, 0.1) is 0 Å². The highest BCUT2D eigenvalue weighted by molar-refractivity contribution is 5.96. The minimum absolute atomic E-state index is 0.0357. The average Bonchev–Trinajstić information content (AvgIpc) is 3.29. The SMILES string of the molecule is COc1cccc(N2CC(c3noc(-c4ccncc4)n3)CC2=O)c1. The molecule has 3 heterocycles. The standard InChI is InChI=1S/C18H16N4O3/c1-24-15-4-2-3-14(10-15)22-11-13(9-16(22)23)17-20-18(25-21-17)12-5-7-19-8-6-12/h2-8,10,13H,9,11H2,1H3. The number of aromatic nitrogens is 3. The summed E-state index contributed by atoms with van der Waals surface area (Å²) >= 11 is 0. The van der Waals surface area contributed by atoms with Crippen molar-refractivity contribution in [2.24, 2.45) is 0 Å². The van der Waals surface area contributed by atoms with Gasteiger partial charge in [-0.05, 0) is 24.3 Å². The molecule has 0 radical (unpaired) electrons. The summed E-state index contributed by atoms with van der Waals surface area (Å²) in [6.07, 6.45) is 3.69. The smallest absolute Gasteiger partial charge is 0.258 e. The van der Waals surface area contributed by atoms with Gasteiger partial charge < -0.3 is 14.2 Å². The van der Waals surface area contributed by atoms with Gasteiger partial charge in [-0.25, -0.2) is 0 Å². The molecule has 3 aromatic rings. The summed E-state index contributed by atoms with van der Waals surface area (Å²) < 4.78 is 10.6. The maximum Gasteiger partial charge on any atom is 0.258 e. The van der Waals surface area contributed by atoms with Crippen molar-refractivity contribution in [1.29, 1.82) is 0 Å². The van der Waals surface area contributed by atoms with E-state index in [2.05, 4.69) is 15.1 Å². The number of hydrogen-bond donors (Lipinski definition) is 0. The van der Waals surface area contributed by atoms with Crippen molar-refractivity contribution >= 4 is 11.6 Å². The van der Waals surface area contributed by atoms with Crippen LogP contribution in [0.4, 0.5) is 5.69 Å². The van der Waals surface area contributed by atoms with Crippen LogP contribution in [-0.4, -0.2) is 34.7 Å². The van der Waals surface area contributed by atoms with Crippen molar-refractivity contribution in [3.05, 3.63) is 54.6 Å². The summed E-state index contributed by atoms with van der Waals surface area (Å²) in [6, 6.07) is 11.1. The Kier molecular flexibility index (Phi) is 3.89. The molecule has 1 aromatic carbocycles. The Morgan fingerprint density at radius 3 is 2.88 bits per heavy atom. The van der Waals surface area contributed by atoms with E-state index in [-0.39, 0.29) is 11.8 Å². The van der Waals surface area contributed by atoms with Crippen LogP contribution in [0.3, 0.4) is 0 Å². The Morgan fingerprint density at radius 1 is 1.24 bits per heavy atom.